The fourth-order valence-electron chi connectivity index (χ4n) is 1.23. The van der Waals surface area contributed by atoms with Gasteiger partial charge in [0.15, 0.2) is 0 Å². The van der Waals surface area contributed by atoms with E-state index in [1.54, 1.807) is 29.5 Å². The van der Waals surface area contributed by atoms with Gasteiger partial charge in [0.25, 0.3) is 5.56 Å². The van der Waals surface area contributed by atoms with E-state index in [-0.39, 0.29) is 15.7 Å². The van der Waals surface area contributed by atoms with Gasteiger partial charge in [0, 0.05) is 5.56 Å². The molecular formula is C10H9F3INO4. The average molecular weight is 391 g/mol. The molecule has 106 valence electrons. The topological polar surface area (TPSA) is 68.4 Å². The number of carbonyl (C=O) groups is 1. The van der Waals surface area contributed by atoms with E-state index in [4.69, 9.17) is 0 Å². The number of aromatic amines is 1. The predicted octanol–water partition coefficient (Wildman–Crippen LogP) is 1.98. The Morgan fingerprint density at radius 2 is 2.11 bits per heavy atom. The highest BCUT2D eigenvalue weighted by Crippen LogP contribution is 2.24. The summed E-state index contributed by atoms with van der Waals surface area (Å²) in [5.74, 6) is -1.51. The Balaban J connectivity index is 3.09. The third kappa shape index (κ3) is 5.09. The Bertz CT molecular complexity index is 526. The van der Waals surface area contributed by atoms with Crippen molar-refractivity contribution >= 4 is 28.6 Å². The van der Waals surface area contributed by atoms with Gasteiger partial charge < -0.3 is 9.47 Å². The maximum Gasteiger partial charge on any atom is 0.574 e. The van der Waals surface area contributed by atoms with Crippen LogP contribution in [0.1, 0.15) is 12.5 Å². The van der Waals surface area contributed by atoms with E-state index >= 15 is 0 Å². The Kier molecular flexibility index (Phi) is 5.20. The zero-order valence-electron chi connectivity index (χ0n) is 9.64. The average Bonchev–Trinajstić information content (AvgIpc) is 2.23. The minimum atomic E-state index is -4.96. The number of alkyl halides is 3. The number of ether oxygens (including phenoxy) is 2. The first kappa shape index (κ1) is 15.8. The molecule has 0 aliphatic heterocycles. The molecule has 5 nitrogen and oxygen atoms in total. The van der Waals surface area contributed by atoms with Gasteiger partial charge in [-0.2, -0.15) is 0 Å². The van der Waals surface area contributed by atoms with Gasteiger partial charge in [-0.25, -0.2) is 0 Å². The lowest BCUT2D eigenvalue weighted by Gasteiger charge is -2.12. The zero-order chi connectivity index (χ0) is 14.6. The van der Waals surface area contributed by atoms with Crippen LogP contribution in [-0.4, -0.2) is 23.9 Å². The van der Waals surface area contributed by atoms with Crippen LogP contribution in [0, 0.1) is 3.57 Å². The van der Waals surface area contributed by atoms with Crippen LogP contribution in [0.4, 0.5) is 13.2 Å². The number of esters is 1. The van der Waals surface area contributed by atoms with Crippen molar-refractivity contribution in [3.05, 3.63) is 25.6 Å². The largest absolute Gasteiger partial charge is 0.574 e. The molecule has 0 aliphatic carbocycles. The van der Waals surface area contributed by atoms with Gasteiger partial charge in [0.1, 0.15) is 0 Å². The minimum absolute atomic E-state index is 0.0974. The lowest BCUT2D eigenvalue weighted by molar-refractivity contribution is -0.276. The Morgan fingerprint density at radius 1 is 1.47 bits per heavy atom. The van der Waals surface area contributed by atoms with Crippen LogP contribution >= 0.6 is 22.6 Å². The first-order valence-electron chi connectivity index (χ1n) is 5.06. The van der Waals surface area contributed by atoms with Crippen LogP contribution in [0.3, 0.4) is 0 Å². The number of halogens is 4. The quantitative estimate of drug-likeness (QED) is 0.630. The normalized spacial score (nSPS) is 11.2. The molecule has 0 aromatic carbocycles. The fraction of sp³-hybridized carbons (Fsp3) is 0.400. The molecule has 1 rings (SSSR count). The molecule has 1 N–H and O–H groups in total. The summed E-state index contributed by atoms with van der Waals surface area (Å²) < 4.78 is 45.0. The van der Waals surface area contributed by atoms with Crippen molar-refractivity contribution in [1.82, 2.24) is 4.98 Å². The monoisotopic (exact) mass is 391 g/mol. The molecule has 0 aliphatic rings. The van der Waals surface area contributed by atoms with Crippen LogP contribution in [-0.2, 0) is 16.0 Å². The van der Waals surface area contributed by atoms with Gasteiger partial charge in [-0.1, -0.05) is 0 Å². The Hall–Kier alpha value is -1.26. The minimum Gasteiger partial charge on any atom is -0.466 e. The highest BCUT2D eigenvalue weighted by atomic mass is 127. The Labute approximate surface area is 119 Å². The SMILES string of the molecule is CCOC(=O)Cc1cc(I)c(=O)[nH]c1OC(F)(F)F. The molecule has 19 heavy (non-hydrogen) atoms. The van der Waals surface area contributed by atoms with Crippen LogP contribution in [0.5, 0.6) is 5.88 Å². The van der Waals surface area contributed by atoms with Crippen molar-refractivity contribution in [2.75, 3.05) is 6.61 Å². The molecule has 0 atom stereocenters. The van der Waals surface area contributed by atoms with E-state index in [2.05, 4.69) is 9.47 Å². The van der Waals surface area contributed by atoms with E-state index in [0.717, 1.165) is 6.07 Å². The van der Waals surface area contributed by atoms with E-state index in [1.807, 2.05) is 4.98 Å². The molecule has 0 bridgehead atoms. The predicted molar refractivity (Wildman–Crippen MR) is 66.8 cm³/mol. The van der Waals surface area contributed by atoms with E-state index in [0.29, 0.717) is 0 Å². The standard InChI is InChI=1S/C10H9F3INO4/c1-2-18-7(16)4-5-3-6(14)8(17)15-9(5)19-10(11,12)13/h3H,2,4H2,1H3,(H,15,17). The van der Waals surface area contributed by atoms with Gasteiger partial charge >= 0.3 is 12.3 Å². The second kappa shape index (κ2) is 6.26. The van der Waals surface area contributed by atoms with Gasteiger partial charge in [0.05, 0.1) is 16.6 Å². The number of hydrogen-bond donors (Lipinski definition) is 1. The zero-order valence-corrected chi connectivity index (χ0v) is 11.8. The number of hydrogen-bond acceptors (Lipinski definition) is 4. The molecule has 0 amide bonds. The van der Waals surface area contributed by atoms with Gasteiger partial charge in [-0.3, -0.25) is 14.6 Å². The fourth-order valence-corrected chi connectivity index (χ4v) is 1.74. The maximum atomic E-state index is 12.2. The third-order valence-corrected chi connectivity index (χ3v) is 2.70. The number of aromatic nitrogens is 1. The molecule has 0 unspecified atom stereocenters. The van der Waals surface area contributed by atoms with Crippen molar-refractivity contribution in [2.24, 2.45) is 0 Å². The van der Waals surface area contributed by atoms with Crippen LogP contribution in [0.15, 0.2) is 10.9 Å². The summed E-state index contributed by atoms with van der Waals surface area (Å²) in [5.41, 5.74) is -0.827. The number of pyridine rings is 1. The first-order chi connectivity index (χ1) is 8.73. The van der Waals surface area contributed by atoms with Gasteiger partial charge in [-0.15, -0.1) is 13.2 Å². The number of H-pyrrole nitrogens is 1. The van der Waals surface area contributed by atoms with Crippen LogP contribution < -0.4 is 10.3 Å². The highest BCUT2D eigenvalue weighted by molar-refractivity contribution is 14.1. The molecular weight excluding hydrogens is 382 g/mol. The summed E-state index contributed by atoms with van der Waals surface area (Å²) in [6.07, 6.45) is -5.38. The maximum absolute atomic E-state index is 12.2. The molecule has 0 spiro atoms. The van der Waals surface area contributed by atoms with Crippen LogP contribution in [0.2, 0.25) is 0 Å². The molecule has 1 aromatic heterocycles. The molecule has 0 radical (unpaired) electrons. The van der Waals surface area contributed by atoms with Crippen LogP contribution in [0.25, 0.3) is 0 Å². The van der Waals surface area contributed by atoms with Gasteiger partial charge in [-0.05, 0) is 35.6 Å². The van der Waals surface area contributed by atoms with Crippen molar-refractivity contribution < 1.29 is 27.4 Å². The summed E-state index contributed by atoms with van der Waals surface area (Å²) in [7, 11) is 0. The van der Waals surface area contributed by atoms with Crippen molar-refractivity contribution in [3.8, 4) is 5.88 Å². The second-order valence-corrected chi connectivity index (χ2v) is 4.49. The van der Waals surface area contributed by atoms with Crippen molar-refractivity contribution in [2.45, 2.75) is 19.7 Å². The lowest BCUT2D eigenvalue weighted by Crippen LogP contribution is -2.23. The Morgan fingerprint density at radius 3 is 2.63 bits per heavy atom. The summed E-state index contributed by atoms with van der Waals surface area (Å²) in [4.78, 5) is 24.5. The smallest absolute Gasteiger partial charge is 0.466 e. The van der Waals surface area contributed by atoms with Gasteiger partial charge in [0.2, 0.25) is 5.88 Å². The van der Waals surface area contributed by atoms with E-state index < -0.39 is 30.2 Å². The lowest BCUT2D eigenvalue weighted by atomic mass is 10.2. The molecule has 0 saturated heterocycles. The summed E-state index contributed by atoms with van der Waals surface area (Å²) in [6, 6.07) is 1.15. The summed E-state index contributed by atoms with van der Waals surface area (Å²) >= 11 is 1.64. The van der Waals surface area contributed by atoms with Crippen molar-refractivity contribution in [1.29, 1.82) is 0 Å². The third-order valence-electron chi connectivity index (χ3n) is 1.89. The summed E-state index contributed by atoms with van der Waals surface area (Å²) in [6.45, 7) is 1.68. The van der Waals surface area contributed by atoms with E-state index in [1.165, 1.54) is 0 Å². The van der Waals surface area contributed by atoms with Crippen molar-refractivity contribution in [3.63, 3.8) is 0 Å². The second-order valence-electron chi connectivity index (χ2n) is 3.33. The molecule has 1 aromatic rings. The molecule has 1 heterocycles. The number of nitrogens with one attached hydrogen (secondary N) is 1. The first-order valence-corrected chi connectivity index (χ1v) is 6.14. The summed E-state index contributed by atoms with van der Waals surface area (Å²) in [5, 5.41) is 0. The molecule has 0 saturated carbocycles. The highest BCUT2D eigenvalue weighted by Gasteiger charge is 2.33. The molecule has 0 fully saturated rings. The van der Waals surface area contributed by atoms with E-state index in [9.17, 15) is 22.8 Å². The number of rotatable bonds is 4. The number of carbonyl (C=O) groups excluding carboxylic acids is 1. The molecule has 9 heteroatoms.